The van der Waals surface area contributed by atoms with Crippen LogP contribution >= 0.6 is 0 Å². The van der Waals surface area contributed by atoms with E-state index in [4.69, 9.17) is 0 Å². The first-order valence-corrected chi connectivity index (χ1v) is 6.15. The molecular formula is C16H13N3. The van der Waals surface area contributed by atoms with Crippen molar-refractivity contribution in [2.75, 3.05) is 0 Å². The number of nitrogens with zero attached hydrogens (tertiary/aromatic N) is 3. The van der Waals surface area contributed by atoms with E-state index in [-0.39, 0.29) is 0 Å². The molecule has 0 atom stereocenters. The number of hydrogen-bond acceptors (Lipinski definition) is 2. The fourth-order valence-corrected chi connectivity index (χ4v) is 2.39. The molecular weight excluding hydrogens is 234 g/mol. The van der Waals surface area contributed by atoms with Crippen molar-refractivity contribution in [2.45, 2.75) is 13.8 Å². The monoisotopic (exact) mass is 247 g/mol. The van der Waals surface area contributed by atoms with E-state index in [1.807, 2.05) is 60.8 Å². The first-order chi connectivity index (χ1) is 9.20. The molecule has 0 spiro atoms. The van der Waals surface area contributed by atoms with Crippen LogP contribution in [0.5, 0.6) is 0 Å². The first-order valence-electron chi connectivity index (χ1n) is 6.15. The Kier molecular flexibility index (Phi) is 2.57. The molecule has 92 valence electrons. The SMILES string of the molecule is Cc1cc(C)n2cc(-c3ccccc3)c(C#N)c2n1. The van der Waals surface area contributed by atoms with Crippen LogP contribution < -0.4 is 0 Å². The highest BCUT2D eigenvalue weighted by Gasteiger charge is 2.14. The van der Waals surface area contributed by atoms with Crippen molar-refractivity contribution in [1.29, 1.82) is 5.26 Å². The predicted octanol–water partition coefficient (Wildman–Crippen LogP) is 3.49. The second-order valence-corrected chi connectivity index (χ2v) is 4.63. The van der Waals surface area contributed by atoms with Crippen LogP contribution in [0.25, 0.3) is 16.8 Å². The molecule has 0 saturated carbocycles. The molecule has 0 unspecified atom stereocenters. The predicted molar refractivity (Wildman–Crippen MR) is 74.8 cm³/mol. The lowest BCUT2D eigenvalue weighted by Crippen LogP contribution is -1.94. The lowest BCUT2D eigenvalue weighted by atomic mass is 10.1. The number of nitriles is 1. The molecule has 19 heavy (non-hydrogen) atoms. The van der Waals surface area contributed by atoms with Gasteiger partial charge < -0.3 is 4.40 Å². The Morgan fingerprint density at radius 1 is 1.16 bits per heavy atom. The van der Waals surface area contributed by atoms with Gasteiger partial charge in [-0.2, -0.15) is 5.26 Å². The van der Waals surface area contributed by atoms with Gasteiger partial charge in [0.1, 0.15) is 11.6 Å². The van der Waals surface area contributed by atoms with Gasteiger partial charge in [0.05, 0.1) is 0 Å². The molecule has 3 heteroatoms. The standard InChI is InChI=1S/C16H13N3/c1-11-8-12(2)19-10-15(13-6-4-3-5-7-13)14(9-17)16(19)18-11/h3-8,10H,1-2H3. The van der Waals surface area contributed by atoms with Crippen LogP contribution in [0.1, 0.15) is 17.0 Å². The van der Waals surface area contributed by atoms with Gasteiger partial charge in [-0.25, -0.2) is 4.98 Å². The molecule has 0 radical (unpaired) electrons. The number of fused-ring (bicyclic) bond motifs is 1. The van der Waals surface area contributed by atoms with Gasteiger partial charge in [-0.1, -0.05) is 30.3 Å². The van der Waals surface area contributed by atoms with Gasteiger partial charge in [0, 0.05) is 23.1 Å². The topological polar surface area (TPSA) is 41.1 Å². The van der Waals surface area contributed by atoms with Crippen molar-refractivity contribution in [3.05, 3.63) is 59.5 Å². The van der Waals surface area contributed by atoms with Gasteiger partial charge in [-0.3, -0.25) is 0 Å². The average Bonchev–Trinajstić information content (AvgIpc) is 2.78. The Labute approximate surface area is 111 Å². The van der Waals surface area contributed by atoms with Crippen LogP contribution in [0.2, 0.25) is 0 Å². The van der Waals surface area contributed by atoms with Crippen LogP contribution in [0.4, 0.5) is 0 Å². The summed E-state index contributed by atoms with van der Waals surface area (Å²) in [5, 5.41) is 9.45. The van der Waals surface area contributed by atoms with Gasteiger partial charge in [0.15, 0.2) is 5.65 Å². The van der Waals surface area contributed by atoms with E-state index in [2.05, 4.69) is 11.1 Å². The number of hydrogen-bond donors (Lipinski definition) is 0. The first kappa shape index (κ1) is 11.5. The molecule has 2 aromatic heterocycles. The number of aryl methyl sites for hydroxylation is 2. The second-order valence-electron chi connectivity index (χ2n) is 4.63. The molecule has 3 rings (SSSR count). The molecule has 0 amide bonds. The lowest BCUT2D eigenvalue weighted by Gasteiger charge is -2.01. The Balaban J connectivity index is 2.39. The highest BCUT2D eigenvalue weighted by Crippen LogP contribution is 2.28. The van der Waals surface area contributed by atoms with Gasteiger partial charge in [0.2, 0.25) is 0 Å². The number of aromatic nitrogens is 2. The molecule has 2 heterocycles. The minimum atomic E-state index is 0.637. The lowest BCUT2D eigenvalue weighted by molar-refractivity contribution is 1.03. The maximum Gasteiger partial charge on any atom is 0.155 e. The maximum absolute atomic E-state index is 9.45. The molecule has 0 fully saturated rings. The van der Waals surface area contributed by atoms with Crippen molar-refractivity contribution < 1.29 is 0 Å². The van der Waals surface area contributed by atoms with E-state index in [1.165, 1.54) is 0 Å². The third kappa shape index (κ3) is 1.78. The highest BCUT2D eigenvalue weighted by molar-refractivity contribution is 5.78. The minimum absolute atomic E-state index is 0.637. The fourth-order valence-electron chi connectivity index (χ4n) is 2.39. The molecule has 1 aromatic carbocycles. The van der Waals surface area contributed by atoms with Crippen molar-refractivity contribution in [2.24, 2.45) is 0 Å². The minimum Gasteiger partial charge on any atom is -0.304 e. The molecule has 0 aliphatic heterocycles. The maximum atomic E-state index is 9.45. The summed E-state index contributed by atoms with van der Waals surface area (Å²) in [6, 6.07) is 14.3. The van der Waals surface area contributed by atoms with E-state index < -0.39 is 0 Å². The Morgan fingerprint density at radius 2 is 1.89 bits per heavy atom. The molecule has 0 bridgehead atoms. The van der Waals surface area contributed by atoms with E-state index in [1.54, 1.807) is 0 Å². The third-order valence-electron chi connectivity index (χ3n) is 3.26. The number of benzene rings is 1. The molecule has 0 aliphatic carbocycles. The summed E-state index contributed by atoms with van der Waals surface area (Å²) in [4.78, 5) is 4.49. The Hall–Kier alpha value is -2.60. The largest absolute Gasteiger partial charge is 0.304 e. The highest BCUT2D eigenvalue weighted by atomic mass is 15.0. The summed E-state index contributed by atoms with van der Waals surface area (Å²) in [5.74, 6) is 0. The Morgan fingerprint density at radius 3 is 2.58 bits per heavy atom. The van der Waals surface area contributed by atoms with Crippen molar-refractivity contribution in [3.8, 4) is 17.2 Å². The fraction of sp³-hybridized carbons (Fsp3) is 0.125. The molecule has 0 aliphatic rings. The summed E-state index contributed by atoms with van der Waals surface area (Å²) in [5.41, 5.74) is 5.36. The summed E-state index contributed by atoms with van der Waals surface area (Å²) < 4.78 is 1.98. The van der Waals surface area contributed by atoms with Crippen LogP contribution in [0.3, 0.4) is 0 Å². The van der Waals surface area contributed by atoms with Crippen LogP contribution in [-0.4, -0.2) is 9.38 Å². The van der Waals surface area contributed by atoms with Gasteiger partial charge in [0.25, 0.3) is 0 Å². The van der Waals surface area contributed by atoms with Crippen LogP contribution in [-0.2, 0) is 0 Å². The van der Waals surface area contributed by atoms with E-state index in [0.29, 0.717) is 5.56 Å². The summed E-state index contributed by atoms with van der Waals surface area (Å²) in [6.45, 7) is 3.97. The van der Waals surface area contributed by atoms with Crippen molar-refractivity contribution in [3.63, 3.8) is 0 Å². The zero-order valence-electron chi connectivity index (χ0n) is 10.9. The second kappa shape index (κ2) is 4.25. The van der Waals surface area contributed by atoms with Crippen LogP contribution in [0.15, 0.2) is 42.6 Å². The Bertz CT molecular complexity index is 792. The molecule has 3 nitrogen and oxygen atoms in total. The quantitative estimate of drug-likeness (QED) is 0.660. The summed E-state index contributed by atoms with van der Waals surface area (Å²) in [7, 11) is 0. The van der Waals surface area contributed by atoms with Crippen LogP contribution in [0, 0.1) is 25.2 Å². The molecule has 0 N–H and O–H groups in total. The normalized spacial score (nSPS) is 10.6. The summed E-state index contributed by atoms with van der Waals surface area (Å²) >= 11 is 0. The van der Waals surface area contributed by atoms with Gasteiger partial charge in [-0.15, -0.1) is 0 Å². The summed E-state index contributed by atoms with van der Waals surface area (Å²) in [6.07, 6.45) is 1.99. The van der Waals surface area contributed by atoms with Crippen molar-refractivity contribution in [1.82, 2.24) is 9.38 Å². The smallest absolute Gasteiger partial charge is 0.155 e. The van der Waals surface area contributed by atoms with E-state index in [9.17, 15) is 5.26 Å². The number of rotatable bonds is 1. The average molecular weight is 247 g/mol. The van der Waals surface area contributed by atoms with Gasteiger partial charge in [-0.05, 0) is 25.5 Å². The zero-order valence-corrected chi connectivity index (χ0v) is 10.9. The third-order valence-corrected chi connectivity index (χ3v) is 3.26. The van der Waals surface area contributed by atoms with Crippen molar-refractivity contribution >= 4 is 5.65 Å². The van der Waals surface area contributed by atoms with Gasteiger partial charge >= 0.3 is 0 Å². The molecule has 3 aromatic rings. The zero-order chi connectivity index (χ0) is 13.4. The molecule has 0 saturated heterocycles. The van der Waals surface area contributed by atoms with E-state index in [0.717, 1.165) is 28.2 Å². The van der Waals surface area contributed by atoms with E-state index >= 15 is 0 Å².